The molecule has 1 aliphatic carbocycles. The van der Waals surface area contributed by atoms with E-state index in [4.69, 9.17) is 4.74 Å². The van der Waals surface area contributed by atoms with Gasteiger partial charge in [0.15, 0.2) is 0 Å². The van der Waals surface area contributed by atoms with Crippen LogP contribution in [0.15, 0.2) is 18.2 Å². The van der Waals surface area contributed by atoms with Crippen LogP contribution >= 0.6 is 0 Å². The summed E-state index contributed by atoms with van der Waals surface area (Å²) in [7, 11) is -3.57. The predicted octanol–water partition coefficient (Wildman–Crippen LogP) is 2.90. The molecule has 0 aromatic heterocycles. The van der Waals surface area contributed by atoms with Crippen molar-refractivity contribution >= 4 is 10.0 Å². The van der Waals surface area contributed by atoms with Crippen LogP contribution in [0.25, 0.3) is 0 Å². The van der Waals surface area contributed by atoms with Crippen LogP contribution in [-0.4, -0.2) is 26.9 Å². The average molecular weight is 345 g/mol. The number of benzene rings is 1. The summed E-state index contributed by atoms with van der Waals surface area (Å²) in [4.78, 5) is 0. The zero-order valence-electron chi connectivity index (χ0n) is 12.8. The fourth-order valence-electron chi connectivity index (χ4n) is 3.01. The Bertz CT molecular complexity index is 655. The largest absolute Gasteiger partial charge is 0.378 e. The Balaban J connectivity index is 1.70. The maximum Gasteiger partial charge on any atom is 0.212 e. The van der Waals surface area contributed by atoms with Gasteiger partial charge in [-0.2, -0.15) is 0 Å². The first-order valence-electron chi connectivity index (χ1n) is 8.01. The second kappa shape index (κ2) is 6.83. The molecule has 0 bridgehead atoms. The van der Waals surface area contributed by atoms with Crippen molar-refractivity contribution in [3.63, 3.8) is 0 Å². The highest BCUT2D eigenvalue weighted by atomic mass is 32.2. The molecule has 2 atom stereocenters. The Hall–Kier alpha value is -1.05. The third-order valence-electron chi connectivity index (χ3n) is 4.43. The standard InChI is InChI=1S/C16H21F2NO3S/c17-12-5-6-15(18)14(10-12)16(11-3-4-11)19-23(20,21)9-7-13-2-1-8-22-13/h5-6,10-11,13,16,19H,1-4,7-9H2/t13-,16-/m1/s1. The molecule has 2 fully saturated rings. The van der Waals surface area contributed by atoms with Crippen LogP contribution in [-0.2, 0) is 14.8 Å². The minimum Gasteiger partial charge on any atom is -0.378 e. The number of hydrogen-bond acceptors (Lipinski definition) is 3. The second-order valence-electron chi connectivity index (χ2n) is 6.34. The van der Waals surface area contributed by atoms with Gasteiger partial charge in [-0.05, 0) is 56.2 Å². The lowest BCUT2D eigenvalue weighted by molar-refractivity contribution is 0.108. The van der Waals surface area contributed by atoms with E-state index < -0.39 is 27.7 Å². The smallest absolute Gasteiger partial charge is 0.212 e. The number of ether oxygens (including phenoxy) is 1. The average Bonchev–Trinajstić information content (AvgIpc) is 3.21. The Morgan fingerprint density at radius 2 is 2.04 bits per heavy atom. The Labute approximate surface area is 135 Å². The molecule has 3 rings (SSSR count). The maximum atomic E-state index is 14.0. The second-order valence-corrected chi connectivity index (χ2v) is 8.21. The van der Waals surface area contributed by atoms with Crippen molar-refractivity contribution in [1.29, 1.82) is 0 Å². The Kier molecular flexibility index (Phi) is 4.98. The SMILES string of the molecule is O=S(=O)(CC[C@H]1CCCO1)N[C@@H](c1cc(F)ccc1F)C1CC1. The molecule has 1 aromatic carbocycles. The zero-order valence-corrected chi connectivity index (χ0v) is 13.6. The lowest BCUT2D eigenvalue weighted by atomic mass is 10.0. The molecule has 0 unspecified atom stereocenters. The van der Waals surface area contributed by atoms with Crippen molar-refractivity contribution in [2.24, 2.45) is 5.92 Å². The Morgan fingerprint density at radius 1 is 1.26 bits per heavy atom. The summed E-state index contributed by atoms with van der Waals surface area (Å²) in [5.41, 5.74) is 0.0909. The quantitative estimate of drug-likeness (QED) is 0.827. The van der Waals surface area contributed by atoms with E-state index in [1.165, 1.54) is 0 Å². The van der Waals surface area contributed by atoms with Crippen molar-refractivity contribution in [2.75, 3.05) is 12.4 Å². The topological polar surface area (TPSA) is 55.4 Å². The van der Waals surface area contributed by atoms with E-state index in [1.807, 2.05) is 0 Å². The third kappa shape index (κ3) is 4.49. The van der Waals surface area contributed by atoms with Crippen molar-refractivity contribution in [2.45, 2.75) is 44.2 Å². The first-order valence-corrected chi connectivity index (χ1v) is 9.66. The van der Waals surface area contributed by atoms with Crippen LogP contribution in [0.2, 0.25) is 0 Å². The molecule has 0 spiro atoms. The van der Waals surface area contributed by atoms with E-state index in [-0.39, 0.29) is 23.3 Å². The van der Waals surface area contributed by atoms with Crippen LogP contribution in [0.5, 0.6) is 0 Å². The highest BCUT2D eigenvalue weighted by molar-refractivity contribution is 7.89. The van der Waals surface area contributed by atoms with Crippen LogP contribution in [0.4, 0.5) is 8.78 Å². The molecule has 2 aliphatic rings. The van der Waals surface area contributed by atoms with Gasteiger partial charge in [0, 0.05) is 12.2 Å². The number of rotatable bonds is 7. The van der Waals surface area contributed by atoms with Crippen molar-refractivity contribution in [3.8, 4) is 0 Å². The molecule has 1 aliphatic heterocycles. The van der Waals surface area contributed by atoms with E-state index in [2.05, 4.69) is 4.72 Å². The minimum absolute atomic E-state index is 0.0168. The van der Waals surface area contributed by atoms with Gasteiger partial charge in [0.1, 0.15) is 11.6 Å². The maximum absolute atomic E-state index is 14.0. The summed E-state index contributed by atoms with van der Waals surface area (Å²) in [6, 6.07) is 2.47. The molecule has 1 saturated heterocycles. The number of halogens is 2. The van der Waals surface area contributed by atoms with E-state index >= 15 is 0 Å². The Morgan fingerprint density at radius 3 is 2.70 bits per heavy atom. The van der Waals surface area contributed by atoms with Gasteiger partial charge in [-0.3, -0.25) is 0 Å². The minimum atomic E-state index is -3.57. The molecular formula is C16H21F2NO3S. The van der Waals surface area contributed by atoms with Crippen LogP contribution in [0.3, 0.4) is 0 Å². The van der Waals surface area contributed by atoms with Crippen molar-refractivity contribution in [1.82, 2.24) is 4.72 Å². The summed E-state index contributed by atoms with van der Waals surface area (Å²) in [6.07, 6.45) is 3.87. The van der Waals surface area contributed by atoms with E-state index in [9.17, 15) is 17.2 Å². The van der Waals surface area contributed by atoms with Gasteiger partial charge in [0.2, 0.25) is 10.0 Å². The lowest BCUT2D eigenvalue weighted by Gasteiger charge is -2.20. The molecule has 1 aromatic rings. The summed E-state index contributed by atoms with van der Waals surface area (Å²) < 4.78 is 60.0. The van der Waals surface area contributed by atoms with E-state index in [0.717, 1.165) is 43.9 Å². The highest BCUT2D eigenvalue weighted by Gasteiger charge is 2.36. The van der Waals surface area contributed by atoms with Gasteiger partial charge in [0.05, 0.1) is 17.9 Å². The molecular weight excluding hydrogens is 324 g/mol. The lowest BCUT2D eigenvalue weighted by Crippen LogP contribution is -2.33. The van der Waals surface area contributed by atoms with Crippen molar-refractivity contribution < 1.29 is 21.9 Å². The zero-order chi connectivity index (χ0) is 16.4. The molecule has 0 radical (unpaired) electrons. The van der Waals surface area contributed by atoms with Gasteiger partial charge >= 0.3 is 0 Å². The molecule has 1 heterocycles. The van der Waals surface area contributed by atoms with Gasteiger partial charge in [-0.15, -0.1) is 0 Å². The monoisotopic (exact) mass is 345 g/mol. The molecule has 1 N–H and O–H groups in total. The van der Waals surface area contributed by atoms with E-state index in [0.29, 0.717) is 13.0 Å². The normalized spacial score (nSPS) is 23.1. The summed E-state index contributed by atoms with van der Waals surface area (Å²) in [6.45, 7) is 0.678. The fraction of sp³-hybridized carbons (Fsp3) is 0.625. The highest BCUT2D eigenvalue weighted by Crippen LogP contribution is 2.42. The molecule has 7 heteroatoms. The van der Waals surface area contributed by atoms with E-state index in [1.54, 1.807) is 0 Å². The third-order valence-corrected chi connectivity index (χ3v) is 5.81. The summed E-state index contributed by atoms with van der Waals surface area (Å²) in [5.74, 6) is -1.17. The summed E-state index contributed by atoms with van der Waals surface area (Å²) >= 11 is 0. The van der Waals surface area contributed by atoms with Crippen LogP contribution in [0, 0.1) is 17.6 Å². The first kappa shape index (κ1) is 16.8. The van der Waals surface area contributed by atoms with Gasteiger partial charge in [0.25, 0.3) is 0 Å². The van der Waals surface area contributed by atoms with Crippen LogP contribution in [0.1, 0.15) is 43.7 Å². The number of nitrogens with one attached hydrogen (secondary N) is 1. The molecule has 23 heavy (non-hydrogen) atoms. The molecule has 128 valence electrons. The molecule has 0 amide bonds. The molecule has 1 saturated carbocycles. The predicted molar refractivity (Wildman–Crippen MR) is 82.3 cm³/mol. The van der Waals surface area contributed by atoms with Gasteiger partial charge < -0.3 is 4.74 Å². The number of sulfonamides is 1. The van der Waals surface area contributed by atoms with Gasteiger partial charge in [-0.1, -0.05) is 0 Å². The first-order chi connectivity index (χ1) is 10.9. The van der Waals surface area contributed by atoms with Crippen molar-refractivity contribution in [3.05, 3.63) is 35.4 Å². The van der Waals surface area contributed by atoms with Gasteiger partial charge in [-0.25, -0.2) is 21.9 Å². The van der Waals surface area contributed by atoms with Crippen LogP contribution < -0.4 is 4.72 Å². The number of hydrogen-bond donors (Lipinski definition) is 1. The molecule has 4 nitrogen and oxygen atoms in total. The fourth-order valence-corrected chi connectivity index (χ4v) is 4.40. The summed E-state index contributed by atoms with van der Waals surface area (Å²) in [5, 5.41) is 0.